The fourth-order valence-electron chi connectivity index (χ4n) is 3.92. The van der Waals surface area contributed by atoms with E-state index in [9.17, 15) is 9.59 Å². The molecule has 0 spiro atoms. The number of carbonyl (C=O) groups excluding carboxylic acids is 2. The number of benzene rings is 2. The van der Waals surface area contributed by atoms with E-state index in [1.807, 2.05) is 51.2 Å². The molecule has 3 rings (SSSR count). The van der Waals surface area contributed by atoms with Crippen LogP contribution in [0.2, 0.25) is 0 Å². The molecular formula is C24H33N4O2+. The van der Waals surface area contributed by atoms with Crippen LogP contribution in [-0.4, -0.2) is 45.0 Å². The lowest BCUT2D eigenvalue weighted by Crippen LogP contribution is -3.11. The molecule has 1 unspecified atom stereocenters. The number of carbonyl (C=O) groups is 2. The molecule has 2 aromatic rings. The topological polar surface area (TPSA) is 65.9 Å². The van der Waals surface area contributed by atoms with Crippen molar-refractivity contribution in [3.05, 3.63) is 53.6 Å². The van der Waals surface area contributed by atoms with Crippen molar-refractivity contribution in [3.8, 4) is 0 Å². The Hall–Kier alpha value is -2.86. The molecule has 0 aliphatic carbocycles. The number of hydrogen-bond acceptors (Lipinski definition) is 3. The molecule has 2 aromatic carbocycles. The minimum atomic E-state index is -0.0990. The predicted molar refractivity (Wildman–Crippen MR) is 122 cm³/mol. The first-order chi connectivity index (χ1) is 14.4. The number of likely N-dealkylation sites (N-methyl/N-ethyl adjacent to an activating group) is 1. The van der Waals surface area contributed by atoms with Crippen molar-refractivity contribution >= 4 is 28.9 Å². The molecule has 2 amide bonds. The summed E-state index contributed by atoms with van der Waals surface area (Å²) in [5.74, 6) is -0.193. The number of amides is 2. The Morgan fingerprint density at radius 3 is 2.03 bits per heavy atom. The average molecular weight is 410 g/mol. The summed E-state index contributed by atoms with van der Waals surface area (Å²) in [6.07, 6.45) is 3.79. The third kappa shape index (κ3) is 6.07. The molecule has 6 nitrogen and oxygen atoms in total. The number of nitrogens with one attached hydrogen (secondary N) is 3. The fraction of sp³-hybridized carbons (Fsp3) is 0.417. The third-order valence-corrected chi connectivity index (χ3v) is 5.54. The Morgan fingerprint density at radius 2 is 1.43 bits per heavy atom. The quantitative estimate of drug-likeness (QED) is 0.658. The molecule has 1 fully saturated rings. The van der Waals surface area contributed by atoms with Gasteiger partial charge >= 0.3 is 0 Å². The SMILES string of the molecule is Cc1cccc(C)c1NC(=O)C[NH+](C)CC(=O)Nc1ccc(N2CCCCC2)cc1. The van der Waals surface area contributed by atoms with Crippen molar-refractivity contribution in [2.45, 2.75) is 33.1 Å². The van der Waals surface area contributed by atoms with Crippen LogP contribution in [0.25, 0.3) is 0 Å². The number of hydrogen-bond donors (Lipinski definition) is 3. The maximum Gasteiger partial charge on any atom is 0.279 e. The standard InChI is InChI=1S/C24H32N4O2/c1-18-8-7-9-19(2)24(18)26-23(30)17-27(3)16-22(29)25-20-10-12-21(13-11-20)28-14-5-4-6-15-28/h7-13H,4-6,14-17H2,1-3H3,(H,25,29)(H,26,30)/p+1. The molecule has 30 heavy (non-hydrogen) atoms. The van der Waals surface area contributed by atoms with E-state index in [-0.39, 0.29) is 24.9 Å². The van der Waals surface area contributed by atoms with Gasteiger partial charge in [-0.25, -0.2) is 0 Å². The van der Waals surface area contributed by atoms with Crippen LogP contribution in [0.15, 0.2) is 42.5 Å². The summed E-state index contributed by atoms with van der Waals surface area (Å²) in [5.41, 5.74) is 4.92. The molecule has 1 saturated heterocycles. The second kappa shape index (κ2) is 10.3. The van der Waals surface area contributed by atoms with Crippen LogP contribution in [0.5, 0.6) is 0 Å². The molecule has 160 valence electrons. The number of nitrogens with zero attached hydrogens (tertiary/aromatic N) is 1. The summed E-state index contributed by atoms with van der Waals surface area (Å²) in [4.78, 5) is 28.0. The van der Waals surface area contributed by atoms with Crippen LogP contribution < -0.4 is 20.4 Å². The van der Waals surface area contributed by atoms with Gasteiger partial charge in [0.05, 0.1) is 7.05 Å². The highest BCUT2D eigenvalue weighted by Crippen LogP contribution is 2.22. The minimum Gasteiger partial charge on any atom is -0.372 e. The van der Waals surface area contributed by atoms with E-state index in [2.05, 4.69) is 27.7 Å². The lowest BCUT2D eigenvalue weighted by molar-refractivity contribution is -0.862. The normalized spacial score (nSPS) is 14.8. The number of piperidine rings is 1. The Bertz CT molecular complexity index is 853. The summed E-state index contributed by atoms with van der Waals surface area (Å²) >= 11 is 0. The Morgan fingerprint density at radius 1 is 0.867 bits per heavy atom. The molecule has 1 aliphatic heterocycles. The zero-order valence-corrected chi connectivity index (χ0v) is 18.3. The van der Waals surface area contributed by atoms with Gasteiger partial charge in [0.2, 0.25) is 0 Å². The zero-order chi connectivity index (χ0) is 21.5. The Kier molecular flexibility index (Phi) is 7.46. The van der Waals surface area contributed by atoms with Gasteiger partial charge in [-0.2, -0.15) is 0 Å². The number of para-hydroxylation sites is 1. The second-order valence-corrected chi connectivity index (χ2v) is 8.27. The van der Waals surface area contributed by atoms with E-state index in [4.69, 9.17) is 0 Å². The number of aryl methyl sites for hydroxylation is 2. The van der Waals surface area contributed by atoms with Gasteiger partial charge in [-0.15, -0.1) is 0 Å². The van der Waals surface area contributed by atoms with Crippen LogP contribution >= 0.6 is 0 Å². The summed E-state index contributed by atoms with van der Waals surface area (Å²) in [7, 11) is 1.85. The highest BCUT2D eigenvalue weighted by molar-refractivity contribution is 5.94. The van der Waals surface area contributed by atoms with Crippen LogP contribution in [-0.2, 0) is 9.59 Å². The second-order valence-electron chi connectivity index (χ2n) is 8.27. The first-order valence-electron chi connectivity index (χ1n) is 10.7. The van der Waals surface area contributed by atoms with E-state index >= 15 is 0 Å². The predicted octanol–water partition coefficient (Wildman–Crippen LogP) is 2.39. The third-order valence-electron chi connectivity index (χ3n) is 5.54. The van der Waals surface area contributed by atoms with Gasteiger partial charge in [0.1, 0.15) is 0 Å². The van der Waals surface area contributed by atoms with Gasteiger partial charge in [0.15, 0.2) is 13.1 Å². The number of quaternary nitrogens is 1. The zero-order valence-electron chi connectivity index (χ0n) is 18.3. The van der Waals surface area contributed by atoms with Crippen molar-refractivity contribution in [3.63, 3.8) is 0 Å². The van der Waals surface area contributed by atoms with Crippen LogP contribution in [0.4, 0.5) is 17.1 Å². The van der Waals surface area contributed by atoms with E-state index in [1.54, 1.807) is 0 Å². The molecule has 0 radical (unpaired) electrons. The first-order valence-corrected chi connectivity index (χ1v) is 10.7. The van der Waals surface area contributed by atoms with Gasteiger partial charge in [-0.1, -0.05) is 18.2 Å². The summed E-state index contributed by atoms with van der Waals surface area (Å²) < 4.78 is 0. The maximum atomic E-state index is 12.4. The molecule has 6 heteroatoms. The highest BCUT2D eigenvalue weighted by Gasteiger charge is 2.16. The van der Waals surface area contributed by atoms with Gasteiger partial charge in [-0.05, 0) is 68.5 Å². The number of rotatable bonds is 7. The van der Waals surface area contributed by atoms with E-state index in [0.29, 0.717) is 0 Å². The summed E-state index contributed by atoms with van der Waals surface area (Å²) in [6.45, 7) is 6.61. The molecule has 3 N–H and O–H groups in total. The van der Waals surface area contributed by atoms with E-state index < -0.39 is 0 Å². The molecule has 0 saturated carbocycles. The highest BCUT2D eigenvalue weighted by atomic mass is 16.2. The largest absolute Gasteiger partial charge is 0.372 e. The molecule has 0 bridgehead atoms. The number of anilines is 3. The van der Waals surface area contributed by atoms with Crippen molar-refractivity contribution < 1.29 is 14.5 Å². The molecule has 1 atom stereocenters. The van der Waals surface area contributed by atoms with Crippen molar-refractivity contribution in [2.24, 2.45) is 0 Å². The van der Waals surface area contributed by atoms with Crippen LogP contribution in [0.3, 0.4) is 0 Å². The maximum absolute atomic E-state index is 12.4. The monoisotopic (exact) mass is 409 g/mol. The Labute approximate surface area is 179 Å². The first kappa shape index (κ1) is 21.8. The van der Waals surface area contributed by atoms with Crippen molar-refractivity contribution in [2.75, 3.05) is 48.8 Å². The van der Waals surface area contributed by atoms with Gasteiger partial charge in [0.25, 0.3) is 11.8 Å². The van der Waals surface area contributed by atoms with Gasteiger partial charge in [-0.3, -0.25) is 9.59 Å². The van der Waals surface area contributed by atoms with Crippen molar-refractivity contribution in [1.29, 1.82) is 0 Å². The Balaban J connectivity index is 1.46. The summed E-state index contributed by atoms with van der Waals surface area (Å²) in [6, 6.07) is 14.0. The molecule has 0 aromatic heterocycles. The van der Waals surface area contributed by atoms with Crippen molar-refractivity contribution in [1.82, 2.24) is 0 Å². The summed E-state index contributed by atoms with van der Waals surface area (Å²) in [5, 5.41) is 5.91. The van der Waals surface area contributed by atoms with Gasteiger partial charge < -0.3 is 20.4 Å². The smallest absolute Gasteiger partial charge is 0.279 e. The lowest BCUT2D eigenvalue weighted by Gasteiger charge is -2.28. The van der Waals surface area contributed by atoms with Crippen LogP contribution in [0, 0.1) is 13.8 Å². The van der Waals surface area contributed by atoms with E-state index in [1.165, 1.54) is 24.9 Å². The minimum absolute atomic E-state index is 0.0939. The molecule has 1 heterocycles. The van der Waals surface area contributed by atoms with E-state index in [0.717, 1.165) is 40.5 Å². The lowest BCUT2D eigenvalue weighted by atomic mass is 10.1. The average Bonchev–Trinajstić information content (AvgIpc) is 2.72. The molecule has 1 aliphatic rings. The van der Waals surface area contributed by atoms with Crippen LogP contribution in [0.1, 0.15) is 30.4 Å². The fourth-order valence-corrected chi connectivity index (χ4v) is 3.92. The molecular weight excluding hydrogens is 376 g/mol. The van der Waals surface area contributed by atoms with Gasteiger partial charge in [0, 0.05) is 30.2 Å².